The Bertz CT molecular complexity index is 453. The van der Waals surface area contributed by atoms with E-state index < -0.39 is 39.7 Å². The van der Waals surface area contributed by atoms with E-state index in [1.165, 1.54) is 13.8 Å². The van der Waals surface area contributed by atoms with Crippen LogP contribution in [0.5, 0.6) is 0 Å². The molecule has 0 spiro atoms. The molecule has 0 saturated heterocycles. The van der Waals surface area contributed by atoms with Crippen molar-refractivity contribution >= 4 is 29.5 Å². The summed E-state index contributed by atoms with van der Waals surface area (Å²) in [4.78, 5) is 0. The Morgan fingerprint density at radius 1 is 0.600 bits per heavy atom. The fourth-order valence-corrected chi connectivity index (χ4v) is 7.34. The molecule has 0 amide bonds. The summed E-state index contributed by atoms with van der Waals surface area (Å²) in [5.74, 6) is -0.642. The van der Waals surface area contributed by atoms with Crippen LogP contribution >= 0.6 is 0 Å². The van der Waals surface area contributed by atoms with Crippen LogP contribution in [-0.2, 0) is 29.5 Å². The summed E-state index contributed by atoms with van der Waals surface area (Å²) in [5, 5.41) is -2.20. The zero-order valence-corrected chi connectivity index (χ0v) is 11.0. The molecule has 9 heteroatoms. The largest absolute Gasteiger partial charge is 0.228 e. The van der Waals surface area contributed by atoms with E-state index >= 15 is 0 Å². The minimum absolute atomic E-state index is 0.321. The average molecular weight is 278 g/mol. The number of rotatable bonds is 6. The molecule has 0 rings (SSSR count). The van der Waals surface area contributed by atoms with Crippen LogP contribution in [0.15, 0.2) is 0 Å². The summed E-state index contributed by atoms with van der Waals surface area (Å²) >= 11 is 0. The van der Waals surface area contributed by atoms with E-state index in [4.69, 9.17) is 0 Å². The minimum atomic E-state index is -4.10. The highest BCUT2D eigenvalue weighted by Gasteiger charge is 2.26. The van der Waals surface area contributed by atoms with Crippen molar-refractivity contribution in [1.29, 1.82) is 0 Å². The van der Waals surface area contributed by atoms with Crippen molar-refractivity contribution in [3.63, 3.8) is 0 Å². The zero-order valence-electron chi connectivity index (χ0n) is 8.50. The highest BCUT2D eigenvalue weighted by Crippen LogP contribution is 2.03. The lowest BCUT2D eigenvalue weighted by atomic mass is 11.0. The molecular formula is C6H14O6S3. The third-order valence-corrected chi connectivity index (χ3v) is 9.10. The van der Waals surface area contributed by atoms with Crippen LogP contribution in [0.25, 0.3) is 0 Å². The summed E-state index contributed by atoms with van der Waals surface area (Å²) in [6.45, 7) is 2.61. The SMILES string of the molecule is CCS(=O)(=O)CS(=O)(=O)CS(=O)(=O)CC. The quantitative estimate of drug-likeness (QED) is 0.629. The smallest absolute Gasteiger partial charge is 0.178 e. The Labute approximate surface area is 90.4 Å². The lowest BCUT2D eigenvalue weighted by Gasteiger charge is -2.03. The molecular weight excluding hydrogens is 264 g/mol. The molecule has 0 radical (unpaired) electrons. The number of sulfone groups is 3. The van der Waals surface area contributed by atoms with Crippen LogP contribution in [0.4, 0.5) is 0 Å². The predicted octanol–water partition coefficient (Wildman–Crippen LogP) is -0.814. The molecule has 0 saturated carbocycles. The first kappa shape index (κ1) is 14.8. The van der Waals surface area contributed by atoms with Crippen LogP contribution in [-0.4, -0.2) is 46.9 Å². The Morgan fingerprint density at radius 2 is 0.867 bits per heavy atom. The molecule has 0 aromatic heterocycles. The van der Waals surface area contributed by atoms with Crippen LogP contribution in [0.1, 0.15) is 13.8 Å². The molecule has 0 bridgehead atoms. The van der Waals surface area contributed by atoms with E-state index in [1.807, 2.05) is 0 Å². The van der Waals surface area contributed by atoms with Crippen LogP contribution in [0.2, 0.25) is 0 Å². The molecule has 0 aliphatic heterocycles. The average Bonchev–Trinajstić information content (AvgIpc) is 2.00. The Morgan fingerprint density at radius 3 is 1.07 bits per heavy atom. The second-order valence-corrected chi connectivity index (χ2v) is 10.5. The van der Waals surface area contributed by atoms with E-state index in [1.54, 1.807) is 0 Å². The van der Waals surface area contributed by atoms with E-state index in [-0.39, 0.29) is 11.5 Å². The first-order valence-corrected chi connectivity index (χ1v) is 9.61. The van der Waals surface area contributed by atoms with Gasteiger partial charge in [-0.25, -0.2) is 25.3 Å². The molecule has 0 unspecified atom stereocenters. The van der Waals surface area contributed by atoms with Gasteiger partial charge in [0, 0.05) is 11.5 Å². The molecule has 0 heterocycles. The molecule has 0 aliphatic rings. The first-order chi connectivity index (χ1) is 6.54. The number of hydrogen-bond acceptors (Lipinski definition) is 6. The zero-order chi connectivity index (χ0) is 12.3. The normalized spacial score (nSPS) is 14.0. The van der Waals surface area contributed by atoms with Crippen molar-refractivity contribution in [2.75, 3.05) is 21.7 Å². The summed E-state index contributed by atoms with van der Waals surface area (Å²) < 4.78 is 66.5. The number of hydrogen-bond donors (Lipinski definition) is 0. The third-order valence-electron chi connectivity index (χ3n) is 1.60. The summed E-state index contributed by atoms with van der Waals surface area (Å²) in [5.41, 5.74) is 0. The molecule has 0 aromatic carbocycles. The van der Waals surface area contributed by atoms with Crippen molar-refractivity contribution in [3.05, 3.63) is 0 Å². The van der Waals surface area contributed by atoms with Gasteiger partial charge in [0.25, 0.3) is 0 Å². The van der Waals surface area contributed by atoms with Crippen LogP contribution < -0.4 is 0 Å². The fourth-order valence-electron chi connectivity index (χ4n) is 0.748. The molecule has 92 valence electrons. The van der Waals surface area contributed by atoms with E-state index in [0.717, 1.165) is 0 Å². The van der Waals surface area contributed by atoms with Crippen molar-refractivity contribution < 1.29 is 25.3 Å². The standard InChI is InChI=1S/C6H14O6S3/c1-3-13(7,8)5-15(11,12)6-14(9,10)4-2/h3-6H2,1-2H3. The van der Waals surface area contributed by atoms with Crippen molar-refractivity contribution in [2.45, 2.75) is 13.8 Å². The topological polar surface area (TPSA) is 102 Å². The van der Waals surface area contributed by atoms with Gasteiger partial charge in [-0.05, 0) is 0 Å². The van der Waals surface area contributed by atoms with Crippen LogP contribution in [0, 0.1) is 0 Å². The van der Waals surface area contributed by atoms with Crippen molar-refractivity contribution in [1.82, 2.24) is 0 Å². The summed E-state index contributed by atoms with van der Waals surface area (Å²) in [6, 6.07) is 0. The second-order valence-electron chi connectivity index (χ2n) is 3.04. The van der Waals surface area contributed by atoms with E-state index in [2.05, 4.69) is 0 Å². The summed E-state index contributed by atoms with van der Waals surface area (Å²) in [6.07, 6.45) is 0. The van der Waals surface area contributed by atoms with Gasteiger partial charge in [-0.15, -0.1) is 0 Å². The maximum Gasteiger partial charge on any atom is 0.178 e. The maximum atomic E-state index is 11.2. The van der Waals surface area contributed by atoms with Gasteiger partial charge >= 0.3 is 0 Å². The second kappa shape index (κ2) is 4.79. The molecule has 15 heavy (non-hydrogen) atoms. The fraction of sp³-hybridized carbons (Fsp3) is 1.00. The molecule has 0 aliphatic carbocycles. The first-order valence-electron chi connectivity index (χ1n) is 4.15. The van der Waals surface area contributed by atoms with Gasteiger partial charge in [-0.1, -0.05) is 13.8 Å². The Kier molecular flexibility index (Phi) is 4.74. The predicted molar refractivity (Wildman–Crippen MR) is 57.6 cm³/mol. The van der Waals surface area contributed by atoms with Crippen molar-refractivity contribution in [2.24, 2.45) is 0 Å². The lowest BCUT2D eigenvalue weighted by molar-refractivity contribution is 0.587. The molecule has 0 N–H and O–H groups in total. The Balaban J connectivity index is 4.91. The van der Waals surface area contributed by atoms with Crippen molar-refractivity contribution in [3.8, 4) is 0 Å². The van der Waals surface area contributed by atoms with Gasteiger partial charge < -0.3 is 0 Å². The van der Waals surface area contributed by atoms with E-state index in [9.17, 15) is 25.3 Å². The van der Waals surface area contributed by atoms with E-state index in [0.29, 0.717) is 0 Å². The van der Waals surface area contributed by atoms with Gasteiger partial charge in [0.05, 0.1) is 0 Å². The molecule has 6 nitrogen and oxygen atoms in total. The van der Waals surface area contributed by atoms with Gasteiger partial charge in [0.2, 0.25) is 0 Å². The molecule has 0 aromatic rings. The Hall–Kier alpha value is -0.150. The molecule has 0 fully saturated rings. The van der Waals surface area contributed by atoms with Gasteiger partial charge in [-0.3, -0.25) is 0 Å². The maximum absolute atomic E-state index is 11.2. The monoisotopic (exact) mass is 278 g/mol. The highest BCUT2D eigenvalue weighted by atomic mass is 32.3. The van der Waals surface area contributed by atoms with Crippen LogP contribution in [0.3, 0.4) is 0 Å². The minimum Gasteiger partial charge on any atom is -0.228 e. The third kappa shape index (κ3) is 6.10. The van der Waals surface area contributed by atoms with Gasteiger partial charge in [0.15, 0.2) is 39.7 Å². The lowest BCUT2D eigenvalue weighted by Crippen LogP contribution is -2.25. The summed E-state index contributed by atoms with van der Waals surface area (Å²) in [7, 11) is -11.5. The van der Waals surface area contributed by atoms with Gasteiger partial charge in [0.1, 0.15) is 0 Å². The highest BCUT2D eigenvalue weighted by molar-refractivity contribution is 8.14. The van der Waals surface area contributed by atoms with Gasteiger partial charge in [-0.2, -0.15) is 0 Å². The molecule has 0 atom stereocenters.